The summed E-state index contributed by atoms with van der Waals surface area (Å²) in [4.78, 5) is 55.2. The van der Waals surface area contributed by atoms with Gasteiger partial charge in [-0.05, 0) is 61.1 Å². The van der Waals surface area contributed by atoms with Crippen LogP contribution in [0.25, 0.3) is 0 Å². The SMILES string of the molecule is C[C@@H](O)C(=O)N(C)[C@](C)(C(=O)[C@H](C)N(C)Cc1ccccc1)C(=O)[C@](C)(O)C(=O)OC(C)(C)C. The Morgan fingerprint density at radius 3 is 1.91 bits per heavy atom. The first kappa shape index (κ1) is 29.4. The number of carbonyl (C=O) groups excluding carboxylic acids is 4. The number of amides is 1. The Balaban J connectivity index is 3.45. The average molecular weight is 479 g/mol. The van der Waals surface area contributed by atoms with Crippen LogP contribution in [0.1, 0.15) is 54.0 Å². The van der Waals surface area contributed by atoms with Crippen molar-refractivity contribution < 1.29 is 34.1 Å². The fourth-order valence-corrected chi connectivity index (χ4v) is 3.49. The minimum atomic E-state index is -2.73. The van der Waals surface area contributed by atoms with Gasteiger partial charge in [-0.25, -0.2) is 4.79 Å². The first-order valence-electron chi connectivity index (χ1n) is 11.1. The summed E-state index contributed by atoms with van der Waals surface area (Å²) >= 11 is 0. The molecule has 0 saturated carbocycles. The van der Waals surface area contributed by atoms with E-state index >= 15 is 0 Å². The van der Waals surface area contributed by atoms with Gasteiger partial charge in [0.1, 0.15) is 11.7 Å². The van der Waals surface area contributed by atoms with Gasteiger partial charge < -0.3 is 19.8 Å². The zero-order valence-corrected chi connectivity index (χ0v) is 21.6. The number of benzene rings is 1. The van der Waals surface area contributed by atoms with E-state index < -0.39 is 52.3 Å². The molecule has 0 bridgehead atoms. The van der Waals surface area contributed by atoms with Gasteiger partial charge in [0.2, 0.25) is 11.4 Å². The lowest BCUT2D eigenvalue weighted by Crippen LogP contribution is -2.69. The van der Waals surface area contributed by atoms with Crippen molar-refractivity contribution in [2.24, 2.45) is 0 Å². The van der Waals surface area contributed by atoms with E-state index in [2.05, 4.69) is 0 Å². The van der Waals surface area contributed by atoms with Gasteiger partial charge in [0, 0.05) is 13.6 Å². The third-order valence-corrected chi connectivity index (χ3v) is 5.83. The number of ether oxygens (including phenoxy) is 1. The van der Waals surface area contributed by atoms with E-state index in [4.69, 9.17) is 4.74 Å². The number of carbonyl (C=O) groups is 4. The van der Waals surface area contributed by atoms with Crippen molar-refractivity contribution in [2.75, 3.05) is 14.1 Å². The van der Waals surface area contributed by atoms with Crippen molar-refractivity contribution >= 4 is 23.4 Å². The molecule has 1 amide bonds. The monoisotopic (exact) mass is 478 g/mol. The Labute approximate surface area is 201 Å². The number of hydrogen-bond acceptors (Lipinski definition) is 8. The molecule has 34 heavy (non-hydrogen) atoms. The Hall–Kier alpha value is -2.62. The number of ketones is 2. The van der Waals surface area contributed by atoms with Gasteiger partial charge >= 0.3 is 5.97 Å². The predicted octanol–water partition coefficient (Wildman–Crippen LogP) is 1.34. The second-order valence-electron chi connectivity index (χ2n) is 9.99. The smallest absolute Gasteiger partial charge is 0.346 e. The predicted molar refractivity (Wildman–Crippen MR) is 127 cm³/mol. The molecule has 0 radical (unpaired) electrons. The van der Waals surface area contributed by atoms with Gasteiger partial charge in [-0.3, -0.25) is 19.3 Å². The van der Waals surface area contributed by atoms with Crippen LogP contribution in [0.3, 0.4) is 0 Å². The van der Waals surface area contributed by atoms with Crippen LogP contribution in [0, 0.1) is 0 Å². The number of Topliss-reactive ketones (excluding diaryl/α,β-unsaturated/α-hetero) is 2. The van der Waals surface area contributed by atoms with E-state index in [-0.39, 0.29) is 0 Å². The van der Waals surface area contributed by atoms with Crippen LogP contribution in [-0.4, -0.2) is 86.4 Å². The topological polar surface area (TPSA) is 124 Å². The number of aliphatic hydroxyl groups is 2. The molecule has 190 valence electrons. The summed E-state index contributed by atoms with van der Waals surface area (Å²) in [5, 5.41) is 20.8. The first-order valence-corrected chi connectivity index (χ1v) is 11.1. The summed E-state index contributed by atoms with van der Waals surface area (Å²) in [6, 6.07) is 8.45. The Morgan fingerprint density at radius 1 is 0.971 bits per heavy atom. The van der Waals surface area contributed by atoms with Crippen LogP contribution in [0.5, 0.6) is 0 Å². The van der Waals surface area contributed by atoms with Crippen LogP contribution < -0.4 is 0 Å². The molecular formula is C25H38N2O7. The van der Waals surface area contributed by atoms with Gasteiger partial charge in [0.25, 0.3) is 5.91 Å². The molecular weight excluding hydrogens is 440 g/mol. The van der Waals surface area contributed by atoms with Gasteiger partial charge in [-0.15, -0.1) is 0 Å². The molecule has 0 heterocycles. The van der Waals surface area contributed by atoms with Gasteiger partial charge in [0.05, 0.1) is 6.04 Å². The molecule has 0 unspecified atom stereocenters. The average Bonchev–Trinajstić information content (AvgIpc) is 2.75. The van der Waals surface area contributed by atoms with Crippen LogP contribution in [0.4, 0.5) is 0 Å². The minimum absolute atomic E-state index is 0.370. The standard InChI is InChI=1S/C25H38N2O7/c1-16(26(8)15-18-13-11-10-12-14-18)19(29)24(6,27(9)20(30)17(2)28)21(31)25(7,33)22(32)34-23(3,4)5/h10-14,16-17,28,33H,15H2,1-9H3/t16-,17+,24+,25-/m0/s1. The largest absolute Gasteiger partial charge is 0.457 e. The third kappa shape index (κ3) is 6.49. The van der Waals surface area contributed by atoms with E-state index in [1.165, 1.54) is 20.9 Å². The van der Waals surface area contributed by atoms with E-state index in [9.17, 15) is 29.4 Å². The molecule has 0 fully saturated rings. The molecule has 9 heteroatoms. The zero-order chi connectivity index (χ0) is 26.6. The summed E-state index contributed by atoms with van der Waals surface area (Å²) in [7, 11) is 2.86. The molecule has 0 saturated heterocycles. The zero-order valence-electron chi connectivity index (χ0n) is 21.6. The molecule has 4 atom stereocenters. The van der Waals surface area contributed by atoms with Crippen LogP contribution >= 0.6 is 0 Å². The highest BCUT2D eigenvalue weighted by Gasteiger charge is 2.58. The molecule has 0 aliphatic heterocycles. The number of hydrogen-bond donors (Lipinski definition) is 2. The van der Waals surface area contributed by atoms with Crippen molar-refractivity contribution in [3.05, 3.63) is 35.9 Å². The highest BCUT2D eigenvalue weighted by molar-refractivity contribution is 6.23. The fourth-order valence-electron chi connectivity index (χ4n) is 3.49. The summed E-state index contributed by atoms with van der Waals surface area (Å²) in [5.74, 6) is -4.11. The molecule has 0 aliphatic rings. The minimum Gasteiger partial charge on any atom is -0.457 e. The van der Waals surface area contributed by atoms with E-state index in [0.717, 1.165) is 17.4 Å². The van der Waals surface area contributed by atoms with Crippen molar-refractivity contribution in [3.63, 3.8) is 0 Å². The quantitative estimate of drug-likeness (QED) is 0.381. The molecule has 1 aromatic rings. The third-order valence-electron chi connectivity index (χ3n) is 5.83. The molecule has 0 aromatic heterocycles. The lowest BCUT2D eigenvalue weighted by molar-refractivity contribution is -0.183. The van der Waals surface area contributed by atoms with Gasteiger partial charge in [0.15, 0.2) is 11.3 Å². The van der Waals surface area contributed by atoms with Gasteiger partial charge in [-0.1, -0.05) is 30.3 Å². The summed E-state index contributed by atoms with van der Waals surface area (Å²) in [5.41, 5.74) is -5.10. The summed E-state index contributed by atoms with van der Waals surface area (Å²) < 4.78 is 5.19. The lowest BCUT2D eigenvalue weighted by atomic mass is 9.78. The highest BCUT2D eigenvalue weighted by atomic mass is 16.6. The van der Waals surface area contributed by atoms with Crippen molar-refractivity contribution in [2.45, 2.75) is 83.9 Å². The van der Waals surface area contributed by atoms with Crippen molar-refractivity contribution in [1.29, 1.82) is 0 Å². The second-order valence-corrected chi connectivity index (χ2v) is 9.99. The Bertz CT molecular complexity index is 906. The molecule has 1 aromatic carbocycles. The Kier molecular flexibility index (Phi) is 9.30. The number of likely N-dealkylation sites (N-methyl/N-ethyl adjacent to an activating group) is 2. The van der Waals surface area contributed by atoms with Crippen LogP contribution in [-0.2, 0) is 30.5 Å². The highest BCUT2D eigenvalue weighted by Crippen LogP contribution is 2.28. The van der Waals surface area contributed by atoms with E-state index in [1.807, 2.05) is 30.3 Å². The van der Waals surface area contributed by atoms with Gasteiger partial charge in [-0.2, -0.15) is 0 Å². The van der Waals surface area contributed by atoms with E-state index in [1.54, 1.807) is 39.6 Å². The number of aliphatic hydroxyl groups excluding tert-OH is 1. The summed E-state index contributed by atoms with van der Waals surface area (Å²) in [6.45, 7) is 9.95. The van der Waals surface area contributed by atoms with Crippen LogP contribution in [0.2, 0.25) is 0 Å². The molecule has 9 nitrogen and oxygen atoms in total. The van der Waals surface area contributed by atoms with Crippen molar-refractivity contribution in [1.82, 2.24) is 9.80 Å². The molecule has 0 spiro atoms. The maximum Gasteiger partial charge on any atom is 0.346 e. The maximum atomic E-state index is 13.8. The number of esters is 1. The van der Waals surface area contributed by atoms with E-state index in [0.29, 0.717) is 6.54 Å². The fraction of sp³-hybridized carbons (Fsp3) is 0.600. The molecule has 0 aliphatic carbocycles. The van der Waals surface area contributed by atoms with Crippen molar-refractivity contribution in [3.8, 4) is 0 Å². The maximum absolute atomic E-state index is 13.8. The normalized spacial score (nSPS) is 17.2. The number of rotatable bonds is 10. The molecule has 2 N–H and O–H groups in total. The Morgan fingerprint density at radius 2 is 1.47 bits per heavy atom. The second kappa shape index (κ2) is 10.8. The summed E-state index contributed by atoms with van der Waals surface area (Å²) in [6.07, 6.45) is -1.52. The lowest BCUT2D eigenvalue weighted by Gasteiger charge is -2.42. The van der Waals surface area contributed by atoms with Crippen LogP contribution in [0.15, 0.2) is 30.3 Å². The first-order chi connectivity index (χ1) is 15.4. The number of nitrogens with zero attached hydrogens (tertiary/aromatic N) is 2. The molecule has 1 rings (SSSR count).